The van der Waals surface area contributed by atoms with Gasteiger partial charge >= 0.3 is 0 Å². The molecule has 0 aromatic heterocycles. The van der Waals surface area contributed by atoms with Crippen molar-refractivity contribution in [2.45, 2.75) is 52.0 Å². The average molecular weight is 351 g/mol. The first-order chi connectivity index (χ1) is 12.6. The Balaban J connectivity index is 1.60. The van der Waals surface area contributed by atoms with Crippen LogP contribution in [0.3, 0.4) is 0 Å². The third-order valence-electron chi connectivity index (χ3n) is 5.41. The van der Waals surface area contributed by atoms with E-state index < -0.39 is 0 Å². The van der Waals surface area contributed by atoms with E-state index in [0.29, 0.717) is 12.5 Å². The molecule has 0 N–H and O–H groups in total. The Labute approximate surface area is 157 Å². The molecule has 138 valence electrons. The maximum atomic E-state index is 12.8. The van der Waals surface area contributed by atoms with E-state index in [2.05, 4.69) is 49.1 Å². The minimum atomic E-state index is 0.287. The summed E-state index contributed by atoms with van der Waals surface area (Å²) in [5.41, 5.74) is 5.08. The quantitative estimate of drug-likeness (QED) is 0.768. The van der Waals surface area contributed by atoms with Crippen LogP contribution >= 0.6 is 0 Å². The number of carbonyl (C=O) groups excluding carboxylic acids is 1. The van der Waals surface area contributed by atoms with Crippen LogP contribution in [-0.2, 0) is 17.6 Å². The number of aryl methyl sites for hydroxylation is 3. The molecule has 26 heavy (non-hydrogen) atoms. The van der Waals surface area contributed by atoms with Crippen molar-refractivity contribution in [3.05, 3.63) is 64.7 Å². The molecule has 0 radical (unpaired) electrons. The van der Waals surface area contributed by atoms with E-state index in [1.807, 2.05) is 12.1 Å². The zero-order valence-corrected chi connectivity index (χ0v) is 16.1. The number of amides is 1. The fraction of sp³-hybridized carbons (Fsp3) is 0.435. The lowest BCUT2D eigenvalue weighted by Crippen LogP contribution is -2.37. The van der Waals surface area contributed by atoms with E-state index in [4.69, 9.17) is 4.74 Å². The number of hydrogen-bond acceptors (Lipinski definition) is 2. The highest BCUT2D eigenvalue weighted by Gasteiger charge is 2.28. The van der Waals surface area contributed by atoms with Crippen molar-refractivity contribution in [3.8, 4) is 5.75 Å². The molecule has 1 atom stereocenters. The van der Waals surface area contributed by atoms with Crippen molar-refractivity contribution >= 4 is 5.91 Å². The molecule has 3 rings (SSSR count). The predicted octanol–water partition coefficient (Wildman–Crippen LogP) is 4.48. The number of ether oxygens (including phenoxy) is 1. The molecule has 0 bridgehead atoms. The Hall–Kier alpha value is -2.29. The Morgan fingerprint density at radius 3 is 2.81 bits per heavy atom. The monoisotopic (exact) mass is 351 g/mol. The second-order valence-corrected chi connectivity index (χ2v) is 7.37. The van der Waals surface area contributed by atoms with Gasteiger partial charge in [-0.05, 0) is 68.4 Å². The number of hydrogen-bond donors (Lipinski definition) is 0. The highest BCUT2D eigenvalue weighted by atomic mass is 16.5. The van der Waals surface area contributed by atoms with Crippen molar-refractivity contribution in [1.29, 1.82) is 0 Å². The van der Waals surface area contributed by atoms with Crippen LogP contribution in [0.1, 0.15) is 41.5 Å². The summed E-state index contributed by atoms with van der Waals surface area (Å²) in [5.74, 6) is 1.17. The standard InChI is InChI=1S/C23H29NO2/c1-17-9-10-20(18(2)14-17)11-12-23(25)24-13-5-7-21(24)15-19-6-4-8-22(16-19)26-3/h4,6,8-10,14,16,21H,5,7,11-13,15H2,1-3H3. The second-order valence-electron chi connectivity index (χ2n) is 7.37. The van der Waals surface area contributed by atoms with Gasteiger partial charge < -0.3 is 9.64 Å². The van der Waals surface area contributed by atoms with Crippen LogP contribution in [-0.4, -0.2) is 30.5 Å². The van der Waals surface area contributed by atoms with Gasteiger partial charge in [0.2, 0.25) is 5.91 Å². The first kappa shape index (κ1) is 18.5. The van der Waals surface area contributed by atoms with E-state index in [1.165, 1.54) is 22.3 Å². The Bertz CT molecular complexity index is 769. The molecule has 2 aromatic rings. The van der Waals surface area contributed by atoms with Crippen molar-refractivity contribution in [2.75, 3.05) is 13.7 Å². The zero-order chi connectivity index (χ0) is 18.5. The number of methoxy groups -OCH3 is 1. The summed E-state index contributed by atoms with van der Waals surface area (Å²) in [6.45, 7) is 5.13. The second kappa shape index (κ2) is 8.39. The van der Waals surface area contributed by atoms with Crippen LogP contribution in [0.5, 0.6) is 5.75 Å². The molecule has 1 amide bonds. The predicted molar refractivity (Wildman–Crippen MR) is 106 cm³/mol. The van der Waals surface area contributed by atoms with E-state index >= 15 is 0 Å². The van der Waals surface area contributed by atoms with Gasteiger partial charge in [-0.25, -0.2) is 0 Å². The van der Waals surface area contributed by atoms with Gasteiger partial charge in [0.25, 0.3) is 0 Å². The minimum absolute atomic E-state index is 0.287. The summed E-state index contributed by atoms with van der Waals surface area (Å²) in [6.07, 6.45) is 4.52. The van der Waals surface area contributed by atoms with Crippen LogP contribution in [0.4, 0.5) is 0 Å². The molecule has 0 spiro atoms. The third kappa shape index (κ3) is 4.46. The first-order valence-corrected chi connectivity index (χ1v) is 9.55. The van der Waals surface area contributed by atoms with E-state index in [-0.39, 0.29) is 5.91 Å². The lowest BCUT2D eigenvalue weighted by atomic mass is 10.0. The smallest absolute Gasteiger partial charge is 0.223 e. The van der Waals surface area contributed by atoms with Crippen LogP contribution < -0.4 is 4.74 Å². The summed E-state index contributed by atoms with van der Waals surface area (Å²) in [4.78, 5) is 14.9. The summed E-state index contributed by atoms with van der Waals surface area (Å²) in [6, 6.07) is 15.0. The number of nitrogens with zero attached hydrogens (tertiary/aromatic N) is 1. The maximum absolute atomic E-state index is 12.8. The number of carbonyl (C=O) groups is 1. The molecule has 2 aromatic carbocycles. The lowest BCUT2D eigenvalue weighted by molar-refractivity contribution is -0.131. The van der Waals surface area contributed by atoms with Gasteiger partial charge in [0.05, 0.1) is 7.11 Å². The molecular formula is C23H29NO2. The topological polar surface area (TPSA) is 29.5 Å². The molecule has 1 fully saturated rings. The van der Waals surface area contributed by atoms with E-state index in [0.717, 1.165) is 38.0 Å². The SMILES string of the molecule is COc1cccc(CC2CCCN2C(=O)CCc2ccc(C)cc2C)c1. The molecule has 0 saturated carbocycles. The minimum Gasteiger partial charge on any atom is -0.497 e. The van der Waals surface area contributed by atoms with Gasteiger partial charge in [0, 0.05) is 19.0 Å². The molecule has 1 heterocycles. The van der Waals surface area contributed by atoms with Crippen molar-refractivity contribution in [3.63, 3.8) is 0 Å². The normalized spacial score (nSPS) is 16.7. The zero-order valence-electron chi connectivity index (χ0n) is 16.1. The molecule has 1 saturated heterocycles. The number of rotatable bonds is 6. The summed E-state index contributed by atoms with van der Waals surface area (Å²) in [5, 5.41) is 0. The van der Waals surface area contributed by atoms with Gasteiger partial charge in [-0.15, -0.1) is 0 Å². The Morgan fingerprint density at radius 2 is 2.04 bits per heavy atom. The van der Waals surface area contributed by atoms with Crippen molar-refractivity contribution < 1.29 is 9.53 Å². The highest BCUT2D eigenvalue weighted by Crippen LogP contribution is 2.24. The third-order valence-corrected chi connectivity index (χ3v) is 5.41. The average Bonchev–Trinajstić information content (AvgIpc) is 3.09. The van der Waals surface area contributed by atoms with Crippen molar-refractivity contribution in [2.24, 2.45) is 0 Å². The number of likely N-dealkylation sites (tertiary alicyclic amines) is 1. The first-order valence-electron chi connectivity index (χ1n) is 9.55. The van der Waals surface area contributed by atoms with E-state index in [9.17, 15) is 4.79 Å². The fourth-order valence-electron chi connectivity index (χ4n) is 3.96. The summed E-state index contributed by atoms with van der Waals surface area (Å²) >= 11 is 0. The highest BCUT2D eigenvalue weighted by molar-refractivity contribution is 5.77. The van der Waals surface area contributed by atoms with Gasteiger partial charge in [0.1, 0.15) is 5.75 Å². The summed E-state index contributed by atoms with van der Waals surface area (Å²) < 4.78 is 5.32. The Morgan fingerprint density at radius 1 is 1.19 bits per heavy atom. The van der Waals surface area contributed by atoms with Gasteiger partial charge in [-0.2, -0.15) is 0 Å². The van der Waals surface area contributed by atoms with Crippen molar-refractivity contribution in [1.82, 2.24) is 4.90 Å². The number of benzene rings is 2. The van der Waals surface area contributed by atoms with Crippen LogP contribution in [0.25, 0.3) is 0 Å². The van der Waals surface area contributed by atoms with E-state index in [1.54, 1.807) is 7.11 Å². The van der Waals surface area contributed by atoms with Crippen LogP contribution in [0, 0.1) is 13.8 Å². The summed E-state index contributed by atoms with van der Waals surface area (Å²) in [7, 11) is 1.69. The molecule has 0 aliphatic carbocycles. The molecule has 3 heteroatoms. The van der Waals surface area contributed by atoms with Gasteiger partial charge in [0.15, 0.2) is 0 Å². The van der Waals surface area contributed by atoms with Gasteiger partial charge in [-0.1, -0.05) is 35.9 Å². The molecule has 3 nitrogen and oxygen atoms in total. The molecule has 1 aliphatic rings. The molecule has 1 aliphatic heterocycles. The largest absolute Gasteiger partial charge is 0.497 e. The lowest BCUT2D eigenvalue weighted by Gasteiger charge is -2.25. The Kier molecular flexibility index (Phi) is 5.97. The van der Waals surface area contributed by atoms with Crippen LogP contribution in [0.15, 0.2) is 42.5 Å². The van der Waals surface area contributed by atoms with Gasteiger partial charge in [-0.3, -0.25) is 4.79 Å². The maximum Gasteiger partial charge on any atom is 0.223 e. The molecule has 1 unspecified atom stereocenters. The fourth-order valence-corrected chi connectivity index (χ4v) is 3.96. The molecular weight excluding hydrogens is 322 g/mol. The van der Waals surface area contributed by atoms with Crippen LogP contribution in [0.2, 0.25) is 0 Å².